The summed E-state index contributed by atoms with van der Waals surface area (Å²) >= 11 is 5.81. The smallest absolute Gasteiger partial charge is 0.790 e. The molecule has 5 rings (SSSR count). The van der Waals surface area contributed by atoms with Crippen LogP contribution in [0.1, 0.15) is 58.9 Å². The molecular formula is C24H24ClF4N6Na2O6P. The van der Waals surface area contributed by atoms with E-state index in [1.54, 1.807) is 7.05 Å². The number of nitrogens with zero attached hydrogens (tertiary/aromatic N) is 4. The molecule has 0 saturated heterocycles. The minimum Gasteiger partial charge on any atom is -0.790 e. The summed E-state index contributed by atoms with van der Waals surface area (Å²) in [5.74, 6) is -1.98. The van der Waals surface area contributed by atoms with Crippen molar-refractivity contribution in [3.63, 3.8) is 0 Å². The van der Waals surface area contributed by atoms with Gasteiger partial charge in [0.05, 0.1) is 24.1 Å². The molecule has 2 fully saturated rings. The van der Waals surface area contributed by atoms with Crippen LogP contribution < -0.4 is 80.0 Å². The molecule has 2 saturated carbocycles. The number of nitrogen functional groups attached to an aromatic ring is 1. The maximum absolute atomic E-state index is 13.8. The Morgan fingerprint density at radius 3 is 2.41 bits per heavy atom. The van der Waals surface area contributed by atoms with Gasteiger partial charge >= 0.3 is 65.3 Å². The van der Waals surface area contributed by atoms with Gasteiger partial charge in [-0.3, -0.25) is 9.48 Å². The molecule has 2 aliphatic rings. The zero-order chi connectivity index (χ0) is 30.8. The average molecular weight is 681 g/mol. The van der Waals surface area contributed by atoms with Crippen molar-refractivity contribution in [2.24, 2.45) is 18.9 Å². The third kappa shape index (κ3) is 7.75. The Morgan fingerprint density at radius 1 is 1.25 bits per heavy atom. The topological polar surface area (TPSA) is 183 Å². The van der Waals surface area contributed by atoms with Crippen LogP contribution in [0, 0.1) is 17.7 Å². The van der Waals surface area contributed by atoms with E-state index < -0.39 is 49.3 Å². The molecule has 4 N–H and O–H groups in total. The van der Waals surface area contributed by atoms with Crippen molar-refractivity contribution < 1.29 is 105 Å². The second kappa shape index (κ2) is 13.6. The molecule has 44 heavy (non-hydrogen) atoms. The number of halogens is 5. The number of benzene rings is 1. The van der Waals surface area contributed by atoms with Crippen LogP contribution in [0.15, 0.2) is 24.4 Å². The van der Waals surface area contributed by atoms with E-state index in [-0.39, 0.29) is 112 Å². The zero-order valence-electron chi connectivity index (χ0n) is 23.8. The van der Waals surface area contributed by atoms with E-state index in [1.807, 2.05) is 0 Å². The fourth-order valence-electron chi connectivity index (χ4n) is 6.12. The molecule has 0 radical (unpaired) electrons. The molecule has 2 atom stereocenters. The van der Waals surface area contributed by atoms with Gasteiger partial charge in [-0.15, -0.1) is 0 Å². The summed E-state index contributed by atoms with van der Waals surface area (Å²) in [6.07, 6.45) is -3.49. The van der Waals surface area contributed by atoms with Gasteiger partial charge in [0.2, 0.25) is 0 Å². The number of amides is 1. The van der Waals surface area contributed by atoms with Gasteiger partial charge < -0.3 is 35.0 Å². The molecule has 0 spiro atoms. The van der Waals surface area contributed by atoms with E-state index >= 15 is 0 Å². The molecule has 0 aliphatic heterocycles. The van der Waals surface area contributed by atoms with Gasteiger partial charge in [0.25, 0.3) is 5.91 Å². The van der Waals surface area contributed by atoms with Crippen molar-refractivity contribution in [3.8, 4) is 0 Å². The molecule has 2 heterocycles. The molecule has 1 aromatic carbocycles. The first-order chi connectivity index (χ1) is 19.4. The van der Waals surface area contributed by atoms with E-state index in [1.165, 1.54) is 16.8 Å². The molecule has 228 valence electrons. The fraction of sp³-hybridized carbons (Fsp3) is 0.458. The maximum atomic E-state index is 13.8. The Morgan fingerprint density at radius 2 is 1.86 bits per heavy atom. The van der Waals surface area contributed by atoms with Gasteiger partial charge in [-0.05, 0) is 55.7 Å². The number of hydrogen-bond acceptors (Lipinski definition) is 9. The van der Waals surface area contributed by atoms with Crippen molar-refractivity contribution in [1.82, 2.24) is 19.6 Å². The molecular weight excluding hydrogens is 657 g/mol. The van der Waals surface area contributed by atoms with Gasteiger partial charge in [0, 0.05) is 30.4 Å². The second-order valence-electron chi connectivity index (χ2n) is 10.6. The van der Waals surface area contributed by atoms with Crippen LogP contribution in [0.3, 0.4) is 0 Å². The SMILES string of the molecule is Cn1nc(C2CC3CC(O)(c4cn(COP(=O)([O-])[O-])nc4C(F)(F)F)CC3C2)c(C(=O)Nc2ccc(F)c(Cl)c2)c1N.[Na+].[Na+]. The van der Waals surface area contributed by atoms with E-state index in [2.05, 4.69) is 20.0 Å². The number of nitrogens with one attached hydrogen (secondary N) is 1. The van der Waals surface area contributed by atoms with Crippen LogP contribution in [0.4, 0.5) is 29.1 Å². The summed E-state index contributed by atoms with van der Waals surface area (Å²) < 4.78 is 71.6. The minimum atomic E-state index is -5.48. The van der Waals surface area contributed by atoms with Gasteiger partial charge in [-0.25, -0.2) is 9.07 Å². The van der Waals surface area contributed by atoms with Gasteiger partial charge in [0.15, 0.2) is 5.69 Å². The Labute approximate surface area is 297 Å². The number of aliphatic hydroxyl groups is 1. The number of carbonyl (C=O) groups excluding carboxylic acids is 1. The number of hydrogen-bond donors (Lipinski definition) is 3. The number of nitrogens with two attached hydrogens (primary N) is 1. The molecule has 2 unspecified atom stereocenters. The molecule has 2 aliphatic carbocycles. The zero-order valence-corrected chi connectivity index (χ0v) is 29.4. The Hall–Kier alpha value is -1.01. The van der Waals surface area contributed by atoms with Crippen LogP contribution in [-0.4, -0.2) is 30.6 Å². The summed E-state index contributed by atoms with van der Waals surface area (Å²) in [5, 5.41) is 21.6. The first-order valence-corrected chi connectivity index (χ1v) is 14.4. The monoisotopic (exact) mass is 680 g/mol. The summed E-state index contributed by atoms with van der Waals surface area (Å²) in [7, 11) is -3.93. The largest absolute Gasteiger partial charge is 1.00 e. The van der Waals surface area contributed by atoms with Gasteiger partial charge in [-0.2, -0.15) is 23.4 Å². The normalized spacial score (nSPS) is 23.2. The van der Waals surface area contributed by atoms with Crippen LogP contribution >= 0.6 is 19.4 Å². The number of rotatable bonds is 7. The van der Waals surface area contributed by atoms with Crippen molar-refractivity contribution in [1.29, 1.82) is 0 Å². The number of carbonyl (C=O) groups is 1. The van der Waals surface area contributed by atoms with Crippen molar-refractivity contribution >= 4 is 36.8 Å². The van der Waals surface area contributed by atoms with E-state index in [0.717, 1.165) is 12.3 Å². The van der Waals surface area contributed by atoms with Crippen molar-refractivity contribution in [2.75, 3.05) is 11.1 Å². The summed E-state index contributed by atoms with van der Waals surface area (Å²) in [5.41, 5.74) is 2.99. The van der Waals surface area contributed by atoms with Crippen LogP contribution in [0.2, 0.25) is 5.02 Å². The van der Waals surface area contributed by atoms with E-state index in [4.69, 9.17) is 17.3 Å². The predicted octanol–water partition coefficient (Wildman–Crippen LogP) is -3.14. The fourth-order valence-corrected chi connectivity index (χ4v) is 6.56. The molecule has 12 nitrogen and oxygen atoms in total. The van der Waals surface area contributed by atoms with Crippen LogP contribution in [0.5, 0.6) is 0 Å². The molecule has 0 bridgehead atoms. The number of phosphoric acid groups is 1. The van der Waals surface area contributed by atoms with Gasteiger partial charge in [0.1, 0.15) is 23.9 Å². The number of aryl methyl sites for hydroxylation is 1. The van der Waals surface area contributed by atoms with Crippen molar-refractivity contribution in [2.45, 2.75) is 50.1 Å². The first-order valence-electron chi connectivity index (χ1n) is 12.6. The minimum absolute atomic E-state index is 0. The number of alkyl halides is 3. The number of phosphoric ester groups is 1. The maximum Gasteiger partial charge on any atom is 1.00 e. The summed E-state index contributed by atoms with van der Waals surface area (Å²) in [6.45, 7) is -1.07. The number of aromatic nitrogens is 4. The first kappa shape index (κ1) is 37.4. The third-order valence-electron chi connectivity index (χ3n) is 7.83. The number of anilines is 2. The second-order valence-corrected chi connectivity index (χ2v) is 12.2. The molecule has 2 aromatic heterocycles. The molecule has 20 heteroatoms. The Balaban J connectivity index is 0.00000264. The average Bonchev–Trinajstić information content (AvgIpc) is 3.61. The summed E-state index contributed by atoms with van der Waals surface area (Å²) in [4.78, 5) is 34.8. The quantitative estimate of drug-likeness (QED) is 0.132. The van der Waals surface area contributed by atoms with Crippen LogP contribution in [0.25, 0.3) is 0 Å². The number of fused-ring (bicyclic) bond motifs is 1. The van der Waals surface area contributed by atoms with Crippen LogP contribution in [-0.2, 0) is 34.6 Å². The molecule has 1 amide bonds. The Bertz CT molecular complexity index is 1590. The van der Waals surface area contributed by atoms with Gasteiger partial charge in [-0.1, -0.05) is 11.6 Å². The third-order valence-corrected chi connectivity index (χ3v) is 8.55. The van der Waals surface area contributed by atoms with E-state index in [0.29, 0.717) is 23.2 Å². The molecule has 3 aromatic rings. The predicted molar refractivity (Wildman–Crippen MR) is 135 cm³/mol. The standard InChI is InChI=1S/C24H26ClF4N6O6P.2Na/c1-34-21(30)18(22(36)31-14-2-3-17(26)16(25)6-14)19(32-34)11-4-12-7-23(37,8-13(12)5-11)15-9-35(10-41-42(38,39)40)33-20(15)24(27,28)29;;/h2-3,6,9,11-13,37H,4-5,7-8,10,30H2,1H3,(H,31,36)(H2,38,39,40);;/q;2*+1/p-2. The summed E-state index contributed by atoms with van der Waals surface area (Å²) in [6, 6.07) is 3.67. The van der Waals surface area contributed by atoms with Crippen molar-refractivity contribution in [3.05, 3.63) is 57.8 Å². The van der Waals surface area contributed by atoms with E-state index in [9.17, 15) is 41.8 Å². The Kier molecular flexibility index (Phi) is 11.6.